The SMILES string of the molecule is CCC(N)Cn1ncc(N2CCN(C)CC2)cc1=O. The third-order valence-electron chi connectivity index (χ3n) is 3.66. The summed E-state index contributed by atoms with van der Waals surface area (Å²) in [5.41, 5.74) is 6.70. The molecule has 2 N–H and O–H groups in total. The van der Waals surface area contributed by atoms with Gasteiger partial charge in [-0.05, 0) is 13.5 Å². The Hall–Kier alpha value is -1.40. The largest absolute Gasteiger partial charge is 0.368 e. The molecule has 6 nitrogen and oxygen atoms in total. The minimum absolute atomic E-state index is 0.0142. The van der Waals surface area contributed by atoms with Crippen molar-refractivity contribution in [1.82, 2.24) is 14.7 Å². The van der Waals surface area contributed by atoms with Crippen LogP contribution in [0.1, 0.15) is 13.3 Å². The molecule has 0 aromatic carbocycles. The van der Waals surface area contributed by atoms with E-state index < -0.39 is 0 Å². The standard InChI is InChI=1S/C13H23N5O/c1-3-11(14)10-18-13(19)8-12(9-15-18)17-6-4-16(2)5-7-17/h8-9,11H,3-7,10,14H2,1-2H3. The molecule has 1 unspecified atom stereocenters. The fourth-order valence-electron chi connectivity index (χ4n) is 2.15. The maximum absolute atomic E-state index is 12.0. The average Bonchev–Trinajstić information content (AvgIpc) is 2.41. The van der Waals surface area contributed by atoms with Crippen molar-refractivity contribution in [3.8, 4) is 0 Å². The molecule has 0 radical (unpaired) electrons. The zero-order valence-corrected chi connectivity index (χ0v) is 11.7. The van der Waals surface area contributed by atoms with Gasteiger partial charge in [0.2, 0.25) is 0 Å². The number of piperazine rings is 1. The quantitative estimate of drug-likeness (QED) is 0.812. The molecular formula is C13H23N5O. The van der Waals surface area contributed by atoms with Gasteiger partial charge in [0.25, 0.3) is 5.56 Å². The second-order valence-corrected chi connectivity index (χ2v) is 5.19. The number of nitrogens with two attached hydrogens (primary N) is 1. The molecule has 1 aromatic rings. The molecule has 1 aliphatic rings. The van der Waals surface area contributed by atoms with Crippen molar-refractivity contribution in [3.63, 3.8) is 0 Å². The Bertz CT molecular complexity index is 464. The fraction of sp³-hybridized carbons (Fsp3) is 0.692. The van der Waals surface area contributed by atoms with Crippen molar-refractivity contribution < 1.29 is 0 Å². The van der Waals surface area contributed by atoms with Crippen molar-refractivity contribution in [3.05, 3.63) is 22.6 Å². The van der Waals surface area contributed by atoms with E-state index in [-0.39, 0.29) is 11.6 Å². The normalized spacial score (nSPS) is 18.6. The minimum atomic E-state index is -0.0691. The fourth-order valence-corrected chi connectivity index (χ4v) is 2.15. The smallest absolute Gasteiger partial charge is 0.268 e. The Labute approximate surface area is 113 Å². The van der Waals surface area contributed by atoms with Crippen LogP contribution in [0.5, 0.6) is 0 Å². The van der Waals surface area contributed by atoms with E-state index in [2.05, 4.69) is 21.9 Å². The average molecular weight is 265 g/mol. The minimum Gasteiger partial charge on any atom is -0.368 e. The van der Waals surface area contributed by atoms with Gasteiger partial charge in [0.1, 0.15) is 0 Å². The van der Waals surface area contributed by atoms with E-state index in [1.54, 1.807) is 12.3 Å². The second-order valence-electron chi connectivity index (χ2n) is 5.19. The van der Waals surface area contributed by atoms with Crippen LogP contribution in [0, 0.1) is 0 Å². The number of hydrogen-bond donors (Lipinski definition) is 1. The lowest BCUT2D eigenvalue weighted by Gasteiger charge is -2.33. The monoisotopic (exact) mass is 265 g/mol. The maximum Gasteiger partial charge on any atom is 0.268 e. The van der Waals surface area contributed by atoms with E-state index in [9.17, 15) is 4.79 Å². The highest BCUT2D eigenvalue weighted by Crippen LogP contribution is 2.12. The zero-order chi connectivity index (χ0) is 13.8. The summed E-state index contributed by atoms with van der Waals surface area (Å²) in [7, 11) is 2.11. The molecule has 2 heterocycles. The van der Waals surface area contributed by atoms with Crippen molar-refractivity contribution in [2.24, 2.45) is 5.73 Å². The van der Waals surface area contributed by atoms with E-state index in [4.69, 9.17) is 5.73 Å². The molecule has 1 atom stereocenters. The van der Waals surface area contributed by atoms with Gasteiger partial charge in [0.15, 0.2) is 0 Å². The summed E-state index contributed by atoms with van der Waals surface area (Å²) in [5.74, 6) is 0. The number of nitrogens with zero attached hydrogens (tertiary/aromatic N) is 4. The van der Waals surface area contributed by atoms with Crippen LogP contribution >= 0.6 is 0 Å². The van der Waals surface area contributed by atoms with Crippen LogP contribution in [0.3, 0.4) is 0 Å². The summed E-state index contributed by atoms with van der Waals surface area (Å²) < 4.78 is 1.45. The van der Waals surface area contributed by atoms with Gasteiger partial charge in [-0.2, -0.15) is 5.10 Å². The highest BCUT2D eigenvalue weighted by Gasteiger charge is 2.15. The van der Waals surface area contributed by atoms with Gasteiger partial charge in [-0.1, -0.05) is 6.92 Å². The van der Waals surface area contributed by atoms with Crippen molar-refractivity contribution >= 4 is 5.69 Å². The third kappa shape index (κ3) is 3.54. The summed E-state index contributed by atoms with van der Waals surface area (Å²) >= 11 is 0. The molecule has 1 fully saturated rings. The molecule has 2 rings (SSSR count). The van der Waals surface area contributed by atoms with E-state index >= 15 is 0 Å². The van der Waals surface area contributed by atoms with Crippen molar-refractivity contribution in [1.29, 1.82) is 0 Å². The highest BCUT2D eigenvalue weighted by molar-refractivity contribution is 5.43. The third-order valence-corrected chi connectivity index (χ3v) is 3.66. The number of anilines is 1. The van der Waals surface area contributed by atoms with Gasteiger partial charge in [0, 0.05) is 38.3 Å². The Morgan fingerprint density at radius 3 is 2.63 bits per heavy atom. The topological polar surface area (TPSA) is 67.4 Å². The Balaban J connectivity index is 2.08. The Morgan fingerprint density at radius 1 is 1.37 bits per heavy atom. The molecule has 0 saturated carbocycles. The molecule has 106 valence electrons. The molecule has 6 heteroatoms. The van der Waals surface area contributed by atoms with Gasteiger partial charge in [0.05, 0.1) is 18.4 Å². The van der Waals surface area contributed by atoms with E-state index in [1.807, 2.05) is 6.92 Å². The number of hydrogen-bond acceptors (Lipinski definition) is 5. The first-order valence-electron chi connectivity index (χ1n) is 6.86. The molecule has 0 bridgehead atoms. The molecule has 0 spiro atoms. The van der Waals surface area contributed by atoms with Gasteiger partial charge >= 0.3 is 0 Å². The lowest BCUT2D eigenvalue weighted by molar-refractivity contribution is 0.312. The van der Waals surface area contributed by atoms with Crippen LogP contribution in [0.2, 0.25) is 0 Å². The second kappa shape index (κ2) is 6.16. The van der Waals surface area contributed by atoms with E-state index in [0.29, 0.717) is 6.54 Å². The van der Waals surface area contributed by atoms with Crippen LogP contribution in [0.25, 0.3) is 0 Å². The van der Waals surface area contributed by atoms with Crippen LogP contribution < -0.4 is 16.2 Å². The van der Waals surface area contributed by atoms with Gasteiger partial charge < -0.3 is 15.5 Å². The molecule has 1 saturated heterocycles. The lowest BCUT2D eigenvalue weighted by Crippen LogP contribution is -2.45. The summed E-state index contributed by atoms with van der Waals surface area (Å²) in [6.45, 7) is 6.41. The summed E-state index contributed by atoms with van der Waals surface area (Å²) in [5, 5.41) is 4.23. The maximum atomic E-state index is 12.0. The van der Waals surface area contributed by atoms with Crippen LogP contribution in [0.4, 0.5) is 5.69 Å². The number of likely N-dealkylation sites (N-methyl/N-ethyl adjacent to an activating group) is 1. The van der Waals surface area contributed by atoms with E-state index in [0.717, 1.165) is 38.3 Å². The lowest BCUT2D eigenvalue weighted by atomic mass is 10.2. The zero-order valence-electron chi connectivity index (χ0n) is 11.7. The number of aromatic nitrogens is 2. The van der Waals surface area contributed by atoms with Crippen LogP contribution in [-0.2, 0) is 6.54 Å². The Kier molecular flexibility index (Phi) is 4.55. The first-order valence-corrected chi connectivity index (χ1v) is 6.86. The van der Waals surface area contributed by atoms with Crippen molar-refractivity contribution in [2.45, 2.75) is 25.9 Å². The molecular weight excluding hydrogens is 242 g/mol. The summed E-state index contributed by atoms with van der Waals surface area (Å²) in [4.78, 5) is 16.5. The first-order chi connectivity index (χ1) is 9.10. The van der Waals surface area contributed by atoms with Gasteiger partial charge in [-0.25, -0.2) is 4.68 Å². The molecule has 1 aromatic heterocycles. The molecule has 0 amide bonds. The predicted octanol–water partition coefficient (Wildman–Crippen LogP) is -0.268. The first kappa shape index (κ1) is 14.0. The van der Waals surface area contributed by atoms with E-state index in [1.165, 1.54) is 4.68 Å². The van der Waals surface area contributed by atoms with Gasteiger partial charge in [-0.15, -0.1) is 0 Å². The van der Waals surface area contributed by atoms with Crippen LogP contribution in [-0.4, -0.2) is 53.9 Å². The summed E-state index contributed by atoms with van der Waals surface area (Å²) in [6, 6.07) is 1.65. The van der Waals surface area contributed by atoms with Gasteiger partial charge in [-0.3, -0.25) is 4.79 Å². The Morgan fingerprint density at radius 2 is 2.05 bits per heavy atom. The highest BCUT2D eigenvalue weighted by atomic mass is 16.1. The van der Waals surface area contributed by atoms with Crippen molar-refractivity contribution in [2.75, 3.05) is 38.1 Å². The number of rotatable bonds is 4. The molecule has 1 aliphatic heterocycles. The van der Waals surface area contributed by atoms with Crippen LogP contribution in [0.15, 0.2) is 17.1 Å². The predicted molar refractivity (Wildman–Crippen MR) is 76.5 cm³/mol. The molecule has 0 aliphatic carbocycles. The molecule has 19 heavy (non-hydrogen) atoms. The summed E-state index contributed by atoms with van der Waals surface area (Å²) in [6.07, 6.45) is 2.61.